The molecule has 61 heavy (non-hydrogen) atoms. The van der Waals surface area contributed by atoms with E-state index in [1.54, 1.807) is 46.8 Å². The molecule has 1 unspecified atom stereocenters. The summed E-state index contributed by atoms with van der Waals surface area (Å²) in [5.74, 6) is 3.92. The monoisotopic (exact) mass is 841 g/mol. The fourth-order valence-electron chi connectivity index (χ4n) is 5.77. The molecule has 1 atom stereocenters. The smallest absolute Gasteiger partial charge is 0.219 e. The Kier molecular flexibility index (Phi) is 26.3. The van der Waals surface area contributed by atoms with E-state index in [1.807, 2.05) is 70.2 Å². The zero-order valence-corrected chi connectivity index (χ0v) is 37.8. The minimum atomic E-state index is 0.115. The van der Waals surface area contributed by atoms with Gasteiger partial charge in [-0.2, -0.15) is 0 Å². The number of carbonyl (C=O) groups is 2. The summed E-state index contributed by atoms with van der Waals surface area (Å²) in [5, 5.41) is 7.44. The molecule has 0 spiro atoms. The van der Waals surface area contributed by atoms with Gasteiger partial charge in [-0.05, 0) is 94.5 Å². The van der Waals surface area contributed by atoms with E-state index in [1.165, 1.54) is 0 Å². The number of ether oxygens (including phenoxy) is 5. The Morgan fingerprint density at radius 3 is 2.07 bits per heavy atom. The highest BCUT2D eigenvalue weighted by Gasteiger charge is 2.21. The van der Waals surface area contributed by atoms with E-state index in [4.69, 9.17) is 28.5 Å². The van der Waals surface area contributed by atoms with E-state index in [9.17, 15) is 4.79 Å². The minimum Gasteiger partial charge on any atom is -0.493 e. The number of hydrogen-bond acceptors (Lipinski definition) is 11. The molecule has 332 valence electrons. The number of nitrogens with two attached hydrogens (primary N) is 1. The van der Waals surface area contributed by atoms with Gasteiger partial charge in [0.15, 0.2) is 23.0 Å². The summed E-state index contributed by atoms with van der Waals surface area (Å²) in [7, 11) is 10.4. The molecule has 1 aromatic heterocycles. The highest BCUT2D eigenvalue weighted by atomic mass is 16.5. The molecule has 4 aromatic rings. The Labute approximate surface area is 363 Å². The van der Waals surface area contributed by atoms with Crippen LogP contribution in [-0.4, -0.2) is 90.4 Å². The summed E-state index contributed by atoms with van der Waals surface area (Å²) in [6.07, 6.45) is 11.9. The third kappa shape index (κ3) is 18.6. The summed E-state index contributed by atoms with van der Waals surface area (Å²) < 4.78 is 27.0. The average Bonchev–Trinajstić information content (AvgIpc) is 3.29. The number of fused-ring (bicyclic) bond motifs is 1. The van der Waals surface area contributed by atoms with Crippen molar-refractivity contribution >= 4 is 40.3 Å². The van der Waals surface area contributed by atoms with Crippen molar-refractivity contribution in [3.05, 3.63) is 122 Å². The Morgan fingerprint density at radius 2 is 1.54 bits per heavy atom. The first-order valence-corrected chi connectivity index (χ1v) is 20.2. The zero-order valence-electron chi connectivity index (χ0n) is 37.8. The molecule has 0 aliphatic carbocycles. The van der Waals surface area contributed by atoms with Crippen molar-refractivity contribution in [1.29, 1.82) is 0 Å². The molecule has 1 saturated heterocycles. The molecule has 5 rings (SSSR count). The van der Waals surface area contributed by atoms with Crippen molar-refractivity contribution in [2.75, 3.05) is 72.4 Å². The maximum Gasteiger partial charge on any atom is 0.219 e. The number of pyridine rings is 1. The van der Waals surface area contributed by atoms with Crippen LogP contribution in [0.1, 0.15) is 47.0 Å². The van der Waals surface area contributed by atoms with E-state index in [-0.39, 0.29) is 18.4 Å². The van der Waals surface area contributed by atoms with Crippen molar-refractivity contribution in [2.24, 2.45) is 5.73 Å². The van der Waals surface area contributed by atoms with Gasteiger partial charge in [-0.25, -0.2) is 0 Å². The molecule has 3 aromatic carbocycles. The van der Waals surface area contributed by atoms with Crippen molar-refractivity contribution in [3.63, 3.8) is 0 Å². The van der Waals surface area contributed by atoms with Gasteiger partial charge in [0.1, 0.15) is 11.5 Å². The first kappa shape index (κ1) is 52.5. The molecule has 1 fully saturated rings. The number of methoxy groups -OCH3 is 4. The molecule has 1 aliphatic heterocycles. The molecule has 0 bridgehead atoms. The van der Waals surface area contributed by atoms with Crippen LogP contribution in [0.25, 0.3) is 10.9 Å². The average molecular weight is 841 g/mol. The molecule has 2 heterocycles. The van der Waals surface area contributed by atoms with Gasteiger partial charge in [0.25, 0.3) is 0 Å². The second-order valence-electron chi connectivity index (χ2n) is 13.1. The van der Waals surface area contributed by atoms with Crippen LogP contribution in [0.15, 0.2) is 122 Å². The van der Waals surface area contributed by atoms with Crippen LogP contribution in [0.3, 0.4) is 0 Å². The standard InChI is InChI=1S/C31H34N4O4.C8H12O2.C6H13N.C2H6.CH3NO/c1-4-31(36)34-23-8-6-16-35(20-23)24-12-10-21(11-13-24)33-22-7-5-9-25(17-22)39-28-14-15-32-27-19-30(38-3)29(37-2)18-26(27)28;1-5-7(9-3)8(6-2)10-4;1-4-5-6-7(2)3;1-2;2-1-3/h5,7,9-15,17-19,23,33H,4,6,8,16,20H2,1-3H3,(H,34,36);5-6H,1-2H2,3-4H3;4-5H,6H2,1-3H3;1-2H3;1H,(H2,2,3)/b;8-7-;5-4+;;. The van der Waals surface area contributed by atoms with Gasteiger partial charge in [-0.1, -0.05) is 52.1 Å². The Hall–Kier alpha value is -6.47. The van der Waals surface area contributed by atoms with Crippen LogP contribution in [0.5, 0.6) is 23.0 Å². The third-order valence-corrected chi connectivity index (χ3v) is 8.66. The number of allylic oxidation sites excluding steroid dienone is 3. The Bertz CT molecular complexity index is 1950. The SMILES string of the molecule is C/C=C/CN(C)C.C=C/C(OC)=C(\C=C)OC.CC.CCC(=O)NC1CCCN(c2ccc(Nc3cccc(Oc4ccnc5cc(OC)c(OC)cc45)c3)cc2)C1.NC=O. The number of anilines is 3. The lowest BCUT2D eigenvalue weighted by molar-refractivity contribution is -0.121. The fraction of sp³-hybridized carbons (Fsp3) is 0.354. The first-order valence-electron chi connectivity index (χ1n) is 20.2. The maximum atomic E-state index is 11.8. The quantitative estimate of drug-likeness (QED) is 0.0455. The third-order valence-electron chi connectivity index (χ3n) is 8.66. The predicted octanol–water partition coefficient (Wildman–Crippen LogP) is 9.40. The van der Waals surface area contributed by atoms with Gasteiger partial charge < -0.3 is 49.9 Å². The molecule has 13 nitrogen and oxygen atoms in total. The molecule has 1 aliphatic rings. The first-order chi connectivity index (χ1) is 29.5. The molecule has 2 amide bonds. The number of rotatable bonds is 15. The number of nitrogens with zero attached hydrogens (tertiary/aromatic N) is 3. The fourth-order valence-corrected chi connectivity index (χ4v) is 5.77. The van der Waals surface area contributed by atoms with Crippen molar-refractivity contribution in [3.8, 4) is 23.0 Å². The zero-order chi connectivity index (χ0) is 45.6. The summed E-state index contributed by atoms with van der Waals surface area (Å²) in [6, 6.07) is 22.0. The highest BCUT2D eigenvalue weighted by molar-refractivity contribution is 5.88. The van der Waals surface area contributed by atoms with Crippen LogP contribution in [-0.2, 0) is 19.1 Å². The molecule has 13 heteroatoms. The summed E-state index contributed by atoms with van der Waals surface area (Å²) in [6.45, 7) is 17.9. The van der Waals surface area contributed by atoms with Crippen molar-refractivity contribution in [1.82, 2.24) is 15.2 Å². The maximum absolute atomic E-state index is 11.8. The summed E-state index contributed by atoms with van der Waals surface area (Å²) in [4.78, 5) is 29.3. The molecular weight excluding hydrogens is 773 g/mol. The Morgan fingerprint density at radius 1 is 0.918 bits per heavy atom. The van der Waals surface area contributed by atoms with E-state index in [2.05, 4.69) is 94.8 Å². The number of likely N-dealkylation sites (N-methyl/N-ethyl adjacent to an activating group) is 1. The van der Waals surface area contributed by atoms with Crippen LogP contribution >= 0.6 is 0 Å². The number of amides is 2. The highest BCUT2D eigenvalue weighted by Crippen LogP contribution is 2.37. The van der Waals surface area contributed by atoms with Gasteiger partial charge in [-0.15, -0.1) is 0 Å². The molecule has 0 saturated carbocycles. The van der Waals surface area contributed by atoms with Crippen LogP contribution in [0.2, 0.25) is 0 Å². The molecule has 4 N–H and O–H groups in total. The normalized spacial score (nSPS) is 13.1. The molecule has 0 radical (unpaired) electrons. The Balaban J connectivity index is 0.000000700. The van der Waals surface area contributed by atoms with E-state index >= 15 is 0 Å². The van der Waals surface area contributed by atoms with E-state index in [0.29, 0.717) is 40.9 Å². The topological polar surface area (TPSA) is 150 Å². The lowest BCUT2D eigenvalue weighted by Gasteiger charge is -2.34. The van der Waals surface area contributed by atoms with Gasteiger partial charge in [0, 0.05) is 72.9 Å². The molecular formula is C48H68N6O7. The lowest BCUT2D eigenvalue weighted by atomic mass is 10.0. The van der Waals surface area contributed by atoms with Gasteiger partial charge in [0.05, 0.1) is 34.0 Å². The largest absolute Gasteiger partial charge is 0.493 e. The summed E-state index contributed by atoms with van der Waals surface area (Å²) in [5.41, 5.74) is 7.98. The van der Waals surface area contributed by atoms with Gasteiger partial charge in [0.2, 0.25) is 12.3 Å². The second kappa shape index (κ2) is 30.6. The van der Waals surface area contributed by atoms with Crippen molar-refractivity contribution < 1.29 is 33.3 Å². The van der Waals surface area contributed by atoms with Crippen molar-refractivity contribution in [2.45, 2.75) is 53.0 Å². The predicted molar refractivity (Wildman–Crippen MR) is 251 cm³/mol. The van der Waals surface area contributed by atoms with Gasteiger partial charge in [-0.3, -0.25) is 14.6 Å². The number of benzene rings is 3. The number of aromatic nitrogens is 1. The van der Waals surface area contributed by atoms with E-state index in [0.717, 1.165) is 60.4 Å². The second-order valence-corrected chi connectivity index (χ2v) is 13.1. The van der Waals surface area contributed by atoms with Gasteiger partial charge >= 0.3 is 0 Å². The van der Waals surface area contributed by atoms with E-state index < -0.39 is 0 Å². The van der Waals surface area contributed by atoms with Crippen LogP contribution in [0.4, 0.5) is 17.1 Å². The van der Waals surface area contributed by atoms with Crippen LogP contribution in [0, 0.1) is 0 Å². The number of carbonyl (C=O) groups excluding carboxylic acids is 2. The number of primary amides is 1. The number of piperidine rings is 1. The van der Waals surface area contributed by atoms with Crippen LogP contribution < -0.4 is 35.5 Å². The number of nitrogens with one attached hydrogen (secondary N) is 2. The minimum absolute atomic E-state index is 0.115. The summed E-state index contributed by atoms with van der Waals surface area (Å²) >= 11 is 0. The number of hydrogen-bond donors (Lipinski definition) is 3. The lowest BCUT2D eigenvalue weighted by Crippen LogP contribution is -2.47.